The molecule has 1 aliphatic rings. The number of morpholine rings is 1. The lowest BCUT2D eigenvalue weighted by molar-refractivity contribution is 0.0390. The summed E-state index contributed by atoms with van der Waals surface area (Å²) in [6, 6.07) is 17.6. The SMILES string of the molecule is Nc1nonc1-c1nc2ncc(Oc3cccc(S(=O)(=O)NCCN4CCOCC4)c3)cc2n1-c1ccccc1. The number of benzene rings is 2. The molecule has 5 aromatic rings. The molecule has 4 heterocycles. The molecule has 2 aromatic carbocycles. The van der Waals surface area contributed by atoms with Gasteiger partial charge in [0.05, 0.1) is 29.8 Å². The van der Waals surface area contributed by atoms with Crippen LogP contribution in [-0.2, 0) is 14.8 Å². The molecule has 0 bridgehead atoms. The van der Waals surface area contributed by atoms with Crippen molar-refractivity contribution in [2.24, 2.45) is 0 Å². The van der Waals surface area contributed by atoms with Gasteiger partial charge in [0.2, 0.25) is 10.0 Å². The molecule has 13 nitrogen and oxygen atoms in total. The van der Waals surface area contributed by atoms with Crippen LogP contribution < -0.4 is 15.2 Å². The lowest BCUT2D eigenvalue weighted by atomic mass is 10.3. The largest absolute Gasteiger partial charge is 0.456 e. The zero-order chi connectivity index (χ0) is 27.5. The van der Waals surface area contributed by atoms with E-state index in [1.807, 2.05) is 34.9 Å². The number of hydrogen-bond donors (Lipinski definition) is 2. The Kier molecular flexibility index (Phi) is 7.13. The third kappa shape index (κ3) is 5.37. The Morgan fingerprint density at radius 1 is 1.00 bits per heavy atom. The lowest BCUT2D eigenvalue weighted by Crippen LogP contribution is -2.41. The second-order valence-corrected chi connectivity index (χ2v) is 10.8. The zero-order valence-electron chi connectivity index (χ0n) is 21.3. The molecule has 1 aliphatic heterocycles. The van der Waals surface area contributed by atoms with Gasteiger partial charge in [0.15, 0.2) is 23.0 Å². The van der Waals surface area contributed by atoms with Crippen LogP contribution in [-0.4, -0.2) is 77.6 Å². The summed E-state index contributed by atoms with van der Waals surface area (Å²) < 4.78 is 46.5. The number of nitrogens with one attached hydrogen (secondary N) is 1. The van der Waals surface area contributed by atoms with Crippen LogP contribution in [0.25, 0.3) is 28.4 Å². The highest BCUT2D eigenvalue weighted by Crippen LogP contribution is 2.32. The highest BCUT2D eigenvalue weighted by molar-refractivity contribution is 7.89. The van der Waals surface area contributed by atoms with Crippen molar-refractivity contribution in [3.05, 3.63) is 66.9 Å². The van der Waals surface area contributed by atoms with Crippen molar-refractivity contribution < 1.29 is 22.5 Å². The topological polar surface area (TPSA) is 164 Å². The fraction of sp³-hybridized carbons (Fsp3) is 0.231. The van der Waals surface area contributed by atoms with Crippen LogP contribution in [0.2, 0.25) is 0 Å². The Balaban J connectivity index is 1.27. The van der Waals surface area contributed by atoms with E-state index in [4.69, 9.17) is 19.8 Å². The molecule has 6 rings (SSSR count). The van der Waals surface area contributed by atoms with Crippen LogP contribution in [0.15, 0.2) is 76.4 Å². The van der Waals surface area contributed by atoms with Crippen LogP contribution in [0, 0.1) is 0 Å². The molecule has 3 aromatic heterocycles. The molecule has 0 saturated carbocycles. The second-order valence-electron chi connectivity index (χ2n) is 9.05. The van der Waals surface area contributed by atoms with E-state index in [0.29, 0.717) is 54.8 Å². The average molecular weight is 563 g/mol. The van der Waals surface area contributed by atoms with Gasteiger partial charge in [0.1, 0.15) is 11.5 Å². The number of pyridine rings is 1. The standard InChI is InChI=1S/C26H26N8O5S/c27-24-23(31-39-32-24)26-30-25-22(34(26)18-5-2-1-3-6-18)16-20(17-28-25)38-19-7-4-8-21(15-19)40(35,36)29-9-10-33-11-13-37-14-12-33/h1-8,15-17,29H,9-14H2,(H2,27,32). The van der Waals surface area contributed by atoms with Crippen LogP contribution >= 0.6 is 0 Å². The maximum atomic E-state index is 12.9. The molecular formula is C26H26N8O5S. The quantitative estimate of drug-likeness (QED) is 0.271. The summed E-state index contributed by atoms with van der Waals surface area (Å²) in [5.74, 6) is 1.23. The van der Waals surface area contributed by atoms with Crippen molar-refractivity contribution in [1.82, 2.24) is 34.5 Å². The molecule has 0 radical (unpaired) electrons. The first-order valence-electron chi connectivity index (χ1n) is 12.6. The van der Waals surface area contributed by atoms with Gasteiger partial charge in [0.25, 0.3) is 0 Å². The molecule has 0 amide bonds. The van der Waals surface area contributed by atoms with Crippen molar-refractivity contribution in [3.63, 3.8) is 0 Å². The molecular weight excluding hydrogens is 536 g/mol. The molecule has 14 heteroatoms. The maximum absolute atomic E-state index is 12.9. The number of aromatic nitrogens is 5. The molecule has 1 saturated heterocycles. The summed E-state index contributed by atoms with van der Waals surface area (Å²) in [6.07, 6.45) is 1.51. The van der Waals surface area contributed by atoms with Crippen LogP contribution in [0.3, 0.4) is 0 Å². The molecule has 0 aliphatic carbocycles. The van der Waals surface area contributed by atoms with E-state index in [1.165, 1.54) is 18.3 Å². The van der Waals surface area contributed by atoms with Crippen molar-refractivity contribution >= 4 is 27.0 Å². The predicted molar refractivity (Wildman–Crippen MR) is 146 cm³/mol. The monoisotopic (exact) mass is 562 g/mol. The molecule has 1 fully saturated rings. The van der Waals surface area contributed by atoms with Gasteiger partial charge in [-0.25, -0.2) is 27.7 Å². The van der Waals surface area contributed by atoms with Crippen LogP contribution in [0.5, 0.6) is 11.5 Å². The molecule has 0 spiro atoms. The van der Waals surface area contributed by atoms with Crippen molar-refractivity contribution in [1.29, 1.82) is 0 Å². The van der Waals surface area contributed by atoms with Gasteiger partial charge in [-0.2, -0.15) is 0 Å². The number of sulfonamides is 1. The van der Waals surface area contributed by atoms with Gasteiger partial charge in [-0.15, -0.1) is 0 Å². The molecule has 40 heavy (non-hydrogen) atoms. The summed E-state index contributed by atoms with van der Waals surface area (Å²) in [5.41, 5.74) is 8.08. The number of imidazole rings is 1. The van der Waals surface area contributed by atoms with Crippen LogP contribution in [0.4, 0.5) is 5.82 Å². The van der Waals surface area contributed by atoms with E-state index < -0.39 is 10.0 Å². The summed E-state index contributed by atoms with van der Waals surface area (Å²) in [7, 11) is -3.73. The smallest absolute Gasteiger partial charge is 0.240 e. The normalized spacial score (nSPS) is 14.5. The van der Waals surface area contributed by atoms with Gasteiger partial charge in [-0.05, 0) is 34.6 Å². The minimum atomic E-state index is -3.73. The minimum Gasteiger partial charge on any atom is -0.456 e. The number of ether oxygens (including phenoxy) is 2. The van der Waals surface area contributed by atoms with E-state index in [-0.39, 0.29) is 16.4 Å². The first kappa shape index (κ1) is 25.9. The van der Waals surface area contributed by atoms with Gasteiger partial charge >= 0.3 is 0 Å². The Labute approximate surface area is 229 Å². The first-order chi connectivity index (χ1) is 19.5. The minimum absolute atomic E-state index is 0.0977. The van der Waals surface area contributed by atoms with Gasteiger partial charge in [0, 0.05) is 44.0 Å². The number of nitrogen functional groups attached to an aromatic ring is 1. The predicted octanol–water partition coefficient (Wildman–Crippen LogP) is 2.46. The van der Waals surface area contributed by atoms with E-state index in [2.05, 4.69) is 29.9 Å². The Hall–Kier alpha value is -4.37. The number of rotatable bonds is 9. The number of anilines is 1. The Bertz CT molecular complexity index is 1730. The average Bonchev–Trinajstić information content (AvgIpc) is 3.57. The molecule has 0 unspecified atom stereocenters. The number of para-hydroxylation sites is 1. The first-order valence-corrected chi connectivity index (χ1v) is 14.1. The third-order valence-electron chi connectivity index (χ3n) is 6.40. The maximum Gasteiger partial charge on any atom is 0.240 e. The third-order valence-corrected chi connectivity index (χ3v) is 7.86. The van der Waals surface area contributed by atoms with E-state index >= 15 is 0 Å². The zero-order valence-corrected chi connectivity index (χ0v) is 22.1. The number of nitrogens with two attached hydrogens (primary N) is 1. The van der Waals surface area contributed by atoms with Gasteiger partial charge in [-0.3, -0.25) is 9.47 Å². The van der Waals surface area contributed by atoms with Crippen LogP contribution in [0.1, 0.15) is 0 Å². The van der Waals surface area contributed by atoms with Crippen molar-refractivity contribution in [2.75, 3.05) is 45.1 Å². The lowest BCUT2D eigenvalue weighted by Gasteiger charge is -2.26. The van der Waals surface area contributed by atoms with Crippen molar-refractivity contribution in [3.8, 4) is 28.7 Å². The Morgan fingerprint density at radius 3 is 2.60 bits per heavy atom. The van der Waals surface area contributed by atoms with E-state index in [0.717, 1.165) is 18.8 Å². The fourth-order valence-electron chi connectivity index (χ4n) is 4.43. The second kappa shape index (κ2) is 11.0. The van der Waals surface area contributed by atoms with E-state index in [1.54, 1.807) is 18.2 Å². The number of fused-ring (bicyclic) bond motifs is 1. The number of nitrogens with zero attached hydrogens (tertiary/aromatic N) is 6. The molecule has 206 valence electrons. The Morgan fingerprint density at radius 2 is 1.82 bits per heavy atom. The highest BCUT2D eigenvalue weighted by atomic mass is 32.2. The van der Waals surface area contributed by atoms with E-state index in [9.17, 15) is 8.42 Å². The molecule has 0 atom stereocenters. The van der Waals surface area contributed by atoms with Gasteiger partial charge < -0.3 is 15.2 Å². The highest BCUT2D eigenvalue weighted by Gasteiger charge is 2.22. The summed E-state index contributed by atoms with van der Waals surface area (Å²) in [5, 5.41) is 7.59. The fourth-order valence-corrected chi connectivity index (χ4v) is 5.49. The summed E-state index contributed by atoms with van der Waals surface area (Å²) in [4.78, 5) is 11.3. The van der Waals surface area contributed by atoms with Gasteiger partial charge in [-0.1, -0.05) is 24.3 Å². The number of hydrogen-bond acceptors (Lipinski definition) is 11. The summed E-state index contributed by atoms with van der Waals surface area (Å²) in [6.45, 7) is 3.80. The summed E-state index contributed by atoms with van der Waals surface area (Å²) >= 11 is 0. The van der Waals surface area contributed by atoms with Crippen molar-refractivity contribution in [2.45, 2.75) is 4.90 Å². The molecule has 3 N–H and O–H groups in total.